The van der Waals surface area contributed by atoms with Gasteiger partial charge in [0, 0.05) is 30.7 Å². The van der Waals surface area contributed by atoms with Crippen molar-refractivity contribution in [2.24, 2.45) is 0 Å². The Kier molecular flexibility index (Phi) is 5.67. The predicted octanol–water partition coefficient (Wildman–Crippen LogP) is 2.18. The van der Waals surface area contributed by atoms with E-state index in [1.54, 1.807) is 36.5 Å². The number of carbonyl (C=O) groups is 1. The molecule has 2 N–H and O–H groups in total. The average molecular weight is 309 g/mol. The topological polar surface area (TPSA) is 81.1 Å². The standard InChI is InChI=1S/C17H19N5O/c1-22(2)10-9-19-15-7-8-20-16(11-15)17(23)21-14-5-3-13(12-18)4-6-14/h3-8,11H,9-10H2,1-2H3,(H,19,20)(H,21,23). The van der Waals surface area contributed by atoms with Gasteiger partial charge in [0.2, 0.25) is 0 Å². The molecular formula is C17H19N5O. The minimum absolute atomic E-state index is 0.286. The summed E-state index contributed by atoms with van der Waals surface area (Å²) in [4.78, 5) is 18.4. The molecule has 1 aromatic carbocycles. The van der Waals surface area contributed by atoms with Gasteiger partial charge < -0.3 is 15.5 Å². The van der Waals surface area contributed by atoms with Gasteiger partial charge >= 0.3 is 0 Å². The molecule has 0 bridgehead atoms. The van der Waals surface area contributed by atoms with E-state index in [1.807, 2.05) is 26.2 Å². The number of aromatic nitrogens is 1. The molecule has 23 heavy (non-hydrogen) atoms. The first kappa shape index (κ1) is 16.5. The summed E-state index contributed by atoms with van der Waals surface area (Å²) in [5.41, 5.74) is 2.37. The molecule has 1 aromatic heterocycles. The van der Waals surface area contributed by atoms with Gasteiger partial charge in [0.05, 0.1) is 11.6 Å². The lowest BCUT2D eigenvalue weighted by atomic mass is 10.2. The van der Waals surface area contributed by atoms with E-state index in [0.717, 1.165) is 18.8 Å². The predicted molar refractivity (Wildman–Crippen MR) is 90.4 cm³/mol. The molecule has 0 spiro atoms. The lowest BCUT2D eigenvalue weighted by Crippen LogP contribution is -2.21. The third kappa shape index (κ3) is 5.09. The fourth-order valence-corrected chi connectivity index (χ4v) is 1.91. The van der Waals surface area contributed by atoms with Gasteiger partial charge in [-0.05, 0) is 50.5 Å². The molecule has 0 saturated carbocycles. The smallest absolute Gasteiger partial charge is 0.274 e. The summed E-state index contributed by atoms with van der Waals surface area (Å²) in [5.74, 6) is -0.286. The summed E-state index contributed by atoms with van der Waals surface area (Å²) in [6, 6.07) is 12.3. The number of amides is 1. The number of nitriles is 1. The van der Waals surface area contributed by atoms with E-state index in [0.29, 0.717) is 16.9 Å². The van der Waals surface area contributed by atoms with Crippen LogP contribution in [0.1, 0.15) is 16.1 Å². The van der Waals surface area contributed by atoms with Crippen molar-refractivity contribution in [2.75, 3.05) is 37.8 Å². The van der Waals surface area contributed by atoms with Crippen molar-refractivity contribution in [1.82, 2.24) is 9.88 Å². The number of pyridine rings is 1. The molecule has 0 fully saturated rings. The molecule has 0 unspecified atom stereocenters. The molecule has 118 valence electrons. The van der Waals surface area contributed by atoms with Crippen LogP contribution < -0.4 is 10.6 Å². The van der Waals surface area contributed by atoms with Crippen LogP contribution in [-0.4, -0.2) is 43.0 Å². The Morgan fingerprint density at radius 2 is 1.96 bits per heavy atom. The number of rotatable bonds is 6. The van der Waals surface area contributed by atoms with Crippen LogP contribution in [0, 0.1) is 11.3 Å². The van der Waals surface area contributed by atoms with Crippen LogP contribution in [-0.2, 0) is 0 Å². The normalized spacial score (nSPS) is 10.2. The second kappa shape index (κ2) is 7.92. The minimum Gasteiger partial charge on any atom is -0.384 e. The molecule has 6 nitrogen and oxygen atoms in total. The highest BCUT2D eigenvalue weighted by Crippen LogP contribution is 2.12. The molecule has 2 rings (SSSR count). The lowest BCUT2D eigenvalue weighted by Gasteiger charge is -2.12. The largest absolute Gasteiger partial charge is 0.384 e. The zero-order valence-corrected chi connectivity index (χ0v) is 13.2. The monoisotopic (exact) mass is 309 g/mol. The number of benzene rings is 1. The summed E-state index contributed by atoms with van der Waals surface area (Å²) in [6.07, 6.45) is 1.60. The van der Waals surface area contributed by atoms with E-state index < -0.39 is 0 Å². The van der Waals surface area contributed by atoms with E-state index in [1.165, 1.54) is 0 Å². The van der Waals surface area contributed by atoms with Gasteiger partial charge in [-0.3, -0.25) is 9.78 Å². The lowest BCUT2D eigenvalue weighted by molar-refractivity contribution is 0.102. The first-order valence-corrected chi connectivity index (χ1v) is 7.24. The highest BCUT2D eigenvalue weighted by atomic mass is 16.1. The number of nitrogens with one attached hydrogen (secondary N) is 2. The zero-order chi connectivity index (χ0) is 16.7. The van der Waals surface area contributed by atoms with Gasteiger partial charge in [0.1, 0.15) is 5.69 Å². The molecule has 6 heteroatoms. The Bertz CT molecular complexity index is 704. The van der Waals surface area contributed by atoms with Crippen molar-refractivity contribution >= 4 is 17.3 Å². The van der Waals surface area contributed by atoms with Crippen LogP contribution in [0.2, 0.25) is 0 Å². The highest BCUT2D eigenvalue weighted by Gasteiger charge is 2.08. The van der Waals surface area contributed by atoms with Crippen molar-refractivity contribution in [3.63, 3.8) is 0 Å². The number of hydrogen-bond acceptors (Lipinski definition) is 5. The van der Waals surface area contributed by atoms with Crippen LogP contribution in [0.3, 0.4) is 0 Å². The molecule has 0 aliphatic heterocycles. The van der Waals surface area contributed by atoms with Crippen LogP contribution in [0.25, 0.3) is 0 Å². The zero-order valence-electron chi connectivity index (χ0n) is 13.2. The van der Waals surface area contributed by atoms with Crippen LogP contribution >= 0.6 is 0 Å². The number of anilines is 2. The molecule has 0 saturated heterocycles. The Hall–Kier alpha value is -2.91. The van der Waals surface area contributed by atoms with Gasteiger partial charge in [-0.1, -0.05) is 0 Å². The molecule has 0 atom stereocenters. The molecule has 1 amide bonds. The Morgan fingerprint density at radius 3 is 2.61 bits per heavy atom. The molecule has 1 heterocycles. The molecule has 0 radical (unpaired) electrons. The quantitative estimate of drug-likeness (QED) is 0.855. The Labute approximate surface area is 135 Å². The van der Waals surface area contributed by atoms with Crippen molar-refractivity contribution in [3.8, 4) is 6.07 Å². The maximum absolute atomic E-state index is 12.2. The maximum Gasteiger partial charge on any atom is 0.274 e. The number of nitrogens with zero attached hydrogens (tertiary/aromatic N) is 3. The molecule has 0 aliphatic rings. The first-order valence-electron chi connectivity index (χ1n) is 7.24. The van der Waals surface area contributed by atoms with Gasteiger partial charge in [0.25, 0.3) is 5.91 Å². The van der Waals surface area contributed by atoms with Crippen LogP contribution in [0.4, 0.5) is 11.4 Å². The summed E-state index contributed by atoms with van der Waals surface area (Å²) in [7, 11) is 4.01. The van der Waals surface area contributed by atoms with Crippen molar-refractivity contribution in [1.29, 1.82) is 5.26 Å². The van der Waals surface area contributed by atoms with E-state index in [9.17, 15) is 4.79 Å². The molecular weight excluding hydrogens is 290 g/mol. The fraction of sp³-hybridized carbons (Fsp3) is 0.235. The third-order valence-electron chi connectivity index (χ3n) is 3.15. The second-order valence-corrected chi connectivity index (χ2v) is 5.30. The number of carbonyl (C=O) groups excluding carboxylic acids is 1. The van der Waals surface area contributed by atoms with Gasteiger partial charge in [-0.2, -0.15) is 5.26 Å². The Balaban J connectivity index is 1.99. The summed E-state index contributed by atoms with van der Waals surface area (Å²) in [6.45, 7) is 1.68. The van der Waals surface area contributed by atoms with Crippen LogP contribution in [0.15, 0.2) is 42.6 Å². The molecule has 2 aromatic rings. The summed E-state index contributed by atoms with van der Waals surface area (Å²) < 4.78 is 0. The van der Waals surface area contributed by atoms with Crippen molar-refractivity contribution in [3.05, 3.63) is 53.9 Å². The van der Waals surface area contributed by atoms with Gasteiger partial charge in [0.15, 0.2) is 0 Å². The van der Waals surface area contributed by atoms with Gasteiger partial charge in [-0.15, -0.1) is 0 Å². The molecule has 0 aliphatic carbocycles. The summed E-state index contributed by atoms with van der Waals surface area (Å²) >= 11 is 0. The third-order valence-corrected chi connectivity index (χ3v) is 3.15. The van der Waals surface area contributed by atoms with E-state index in [-0.39, 0.29) is 5.91 Å². The second-order valence-electron chi connectivity index (χ2n) is 5.30. The van der Waals surface area contributed by atoms with Crippen molar-refractivity contribution in [2.45, 2.75) is 0 Å². The fourth-order valence-electron chi connectivity index (χ4n) is 1.91. The maximum atomic E-state index is 12.2. The van der Waals surface area contributed by atoms with E-state index in [4.69, 9.17) is 5.26 Å². The first-order chi connectivity index (χ1) is 11.1. The number of hydrogen-bond donors (Lipinski definition) is 2. The summed E-state index contributed by atoms with van der Waals surface area (Å²) in [5, 5.41) is 14.8. The number of likely N-dealkylation sites (N-methyl/N-ethyl adjacent to an activating group) is 1. The average Bonchev–Trinajstić information content (AvgIpc) is 2.55. The van der Waals surface area contributed by atoms with Crippen molar-refractivity contribution < 1.29 is 4.79 Å². The van der Waals surface area contributed by atoms with E-state index >= 15 is 0 Å². The minimum atomic E-state index is -0.286. The highest BCUT2D eigenvalue weighted by molar-refractivity contribution is 6.03. The SMILES string of the molecule is CN(C)CCNc1ccnc(C(=O)Nc2ccc(C#N)cc2)c1. The van der Waals surface area contributed by atoms with Crippen LogP contribution in [0.5, 0.6) is 0 Å². The Morgan fingerprint density at radius 1 is 1.22 bits per heavy atom. The van der Waals surface area contributed by atoms with E-state index in [2.05, 4.69) is 20.5 Å². The van der Waals surface area contributed by atoms with Gasteiger partial charge in [-0.25, -0.2) is 0 Å².